The van der Waals surface area contributed by atoms with Gasteiger partial charge < -0.3 is 19.9 Å². The van der Waals surface area contributed by atoms with E-state index in [2.05, 4.69) is 10.2 Å². The van der Waals surface area contributed by atoms with Crippen molar-refractivity contribution in [2.24, 2.45) is 5.92 Å². The lowest BCUT2D eigenvalue weighted by atomic mass is 9.95. The Balaban J connectivity index is 1.49. The fourth-order valence-corrected chi connectivity index (χ4v) is 3.99. The van der Waals surface area contributed by atoms with Crippen molar-refractivity contribution >= 4 is 17.9 Å². The fourth-order valence-electron chi connectivity index (χ4n) is 3.99. The number of amides is 2. The number of ether oxygens (including phenoxy) is 1. The smallest absolute Gasteiger partial charge is 0.246 e. The molecule has 0 spiro atoms. The Kier molecular flexibility index (Phi) is 8.45. The van der Waals surface area contributed by atoms with Gasteiger partial charge in [-0.1, -0.05) is 42.5 Å². The lowest BCUT2D eigenvalue weighted by Crippen LogP contribution is -2.44. The van der Waals surface area contributed by atoms with Crippen molar-refractivity contribution in [1.29, 1.82) is 0 Å². The van der Waals surface area contributed by atoms with Gasteiger partial charge in [-0.2, -0.15) is 0 Å². The summed E-state index contributed by atoms with van der Waals surface area (Å²) >= 11 is 0. The number of benzene rings is 2. The molecule has 3 rings (SSSR count). The van der Waals surface area contributed by atoms with E-state index in [1.165, 1.54) is 0 Å². The first kappa shape index (κ1) is 23.5. The Labute approximate surface area is 190 Å². The van der Waals surface area contributed by atoms with Crippen LogP contribution in [0.3, 0.4) is 0 Å². The van der Waals surface area contributed by atoms with E-state index in [1.807, 2.05) is 79.7 Å². The Morgan fingerprint density at radius 3 is 2.50 bits per heavy atom. The summed E-state index contributed by atoms with van der Waals surface area (Å²) in [6.07, 6.45) is 4.82. The summed E-state index contributed by atoms with van der Waals surface area (Å²) in [6.45, 7) is 1.73. The standard InChI is InChI=1S/C26H33N3O3/c1-28(2)24(22-10-7-11-23(18-22)32-3)19-27-26(31)21-14-16-29(17-15-21)25(30)13-12-20-8-5-4-6-9-20/h4-13,18,21,24H,14-17,19H2,1-3H3,(H,27,31)/b13-12+. The molecule has 6 heteroatoms. The summed E-state index contributed by atoms with van der Waals surface area (Å²) in [6, 6.07) is 17.8. The minimum absolute atomic E-state index is 0.00147. The molecule has 2 amide bonds. The van der Waals surface area contributed by atoms with Gasteiger partial charge in [0.1, 0.15) is 5.75 Å². The van der Waals surface area contributed by atoms with Gasteiger partial charge >= 0.3 is 0 Å². The van der Waals surface area contributed by atoms with Crippen LogP contribution in [0.2, 0.25) is 0 Å². The van der Waals surface area contributed by atoms with Crippen LogP contribution in [-0.2, 0) is 9.59 Å². The van der Waals surface area contributed by atoms with Crippen LogP contribution in [0.25, 0.3) is 6.08 Å². The van der Waals surface area contributed by atoms with Crippen molar-refractivity contribution in [2.45, 2.75) is 18.9 Å². The molecule has 2 aromatic rings. The third-order valence-corrected chi connectivity index (χ3v) is 5.97. The first-order valence-corrected chi connectivity index (χ1v) is 11.1. The van der Waals surface area contributed by atoms with Gasteiger partial charge in [0.15, 0.2) is 0 Å². The van der Waals surface area contributed by atoms with Gasteiger partial charge in [0.25, 0.3) is 0 Å². The van der Waals surface area contributed by atoms with Crippen molar-refractivity contribution in [3.8, 4) is 5.75 Å². The van der Waals surface area contributed by atoms with Crippen molar-refractivity contribution in [3.63, 3.8) is 0 Å². The summed E-state index contributed by atoms with van der Waals surface area (Å²) in [7, 11) is 5.66. The number of hydrogen-bond acceptors (Lipinski definition) is 4. The molecule has 2 aromatic carbocycles. The molecule has 0 bridgehead atoms. The number of methoxy groups -OCH3 is 1. The number of hydrogen-bond donors (Lipinski definition) is 1. The van der Waals surface area contributed by atoms with E-state index in [4.69, 9.17) is 4.74 Å². The highest BCUT2D eigenvalue weighted by Crippen LogP contribution is 2.23. The second-order valence-electron chi connectivity index (χ2n) is 8.34. The van der Waals surface area contributed by atoms with Crippen LogP contribution < -0.4 is 10.1 Å². The van der Waals surface area contributed by atoms with Gasteiger partial charge in [-0.25, -0.2) is 0 Å². The van der Waals surface area contributed by atoms with Crippen molar-refractivity contribution < 1.29 is 14.3 Å². The molecular weight excluding hydrogens is 402 g/mol. The maximum Gasteiger partial charge on any atom is 0.246 e. The third-order valence-electron chi connectivity index (χ3n) is 5.97. The second kappa shape index (κ2) is 11.5. The number of carbonyl (C=O) groups excluding carboxylic acids is 2. The van der Waals surface area contributed by atoms with Gasteiger partial charge in [-0.05, 0) is 56.3 Å². The quantitative estimate of drug-likeness (QED) is 0.646. The number of likely N-dealkylation sites (tertiary alicyclic amines) is 1. The molecule has 0 aromatic heterocycles. The number of likely N-dealkylation sites (N-methyl/N-ethyl adjacent to an activating group) is 1. The highest BCUT2D eigenvalue weighted by atomic mass is 16.5. The van der Waals surface area contributed by atoms with Gasteiger partial charge in [0.05, 0.1) is 13.2 Å². The minimum atomic E-state index is -0.0646. The van der Waals surface area contributed by atoms with E-state index in [0.717, 1.165) is 16.9 Å². The molecule has 1 aliphatic heterocycles. The predicted molar refractivity (Wildman–Crippen MR) is 127 cm³/mol. The van der Waals surface area contributed by atoms with Gasteiger partial charge in [0, 0.05) is 31.6 Å². The van der Waals surface area contributed by atoms with Gasteiger partial charge in [0.2, 0.25) is 11.8 Å². The molecule has 1 saturated heterocycles. The molecule has 0 saturated carbocycles. The highest BCUT2D eigenvalue weighted by molar-refractivity contribution is 5.92. The summed E-state index contributed by atoms with van der Waals surface area (Å²) < 4.78 is 5.33. The normalized spacial score (nSPS) is 15.7. The molecule has 1 atom stereocenters. The van der Waals surface area contributed by atoms with E-state index in [9.17, 15) is 9.59 Å². The Hall–Kier alpha value is -3.12. The monoisotopic (exact) mass is 435 g/mol. The number of nitrogens with one attached hydrogen (secondary N) is 1. The van der Waals surface area contributed by atoms with E-state index in [1.54, 1.807) is 13.2 Å². The molecule has 1 fully saturated rings. The van der Waals surface area contributed by atoms with E-state index in [0.29, 0.717) is 32.5 Å². The molecule has 32 heavy (non-hydrogen) atoms. The maximum absolute atomic E-state index is 12.8. The molecule has 1 unspecified atom stereocenters. The molecule has 170 valence electrons. The Bertz CT molecular complexity index is 919. The first-order valence-electron chi connectivity index (χ1n) is 11.1. The summed E-state index contributed by atoms with van der Waals surface area (Å²) in [4.78, 5) is 29.2. The average Bonchev–Trinajstić information content (AvgIpc) is 2.83. The lowest BCUT2D eigenvalue weighted by Gasteiger charge is -2.31. The Morgan fingerprint density at radius 2 is 1.84 bits per heavy atom. The molecular formula is C26H33N3O3. The van der Waals surface area contributed by atoms with Crippen LogP contribution >= 0.6 is 0 Å². The second-order valence-corrected chi connectivity index (χ2v) is 8.34. The van der Waals surface area contributed by atoms with E-state index >= 15 is 0 Å². The topological polar surface area (TPSA) is 61.9 Å². The van der Waals surface area contributed by atoms with E-state index in [-0.39, 0.29) is 23.8 Å². The predicted octanol–water partition coefficient (Wildman–Crippen LogP) is 3.37. The lowest BCUT2D eigenvalue weighted by molar-refractivity contribution is -0.132. The maximum atomic E-state index is 12.8. The molecule has 0 radical (unpaired) electrons. The average molecular weight is 436 g/mol. The molecule has 6 nitrogen and oxygen atoms in total. The molecule has 1 aliphatic rings. The van der Waals surface area contributed by atoms with Crippen molar-refractivity contribution in [1.82, 2.24) is 15.1 Å². The molecule has 1 N–H and O–H groups in total. The largest absolute Gasteiger partial charge is 0.497 e. The summed E-state index contributed by atoms with van der Waals surface area (Å²) in [5.74, 6) is 0.800. The summed E-state index contributed by atoms with van der Waals surface area (Å²) in [5.41, 5.74) is 2.10. The number of carbonyl (C=O) groups is 2. The van der Waals surface area contributed by atoms with E-state index < -0.39 is 0 Å². The van der Waals surface area contributed by atoms with Crippen LogP contribution in [0, 0.1) is 5.92 Å². The zero-order chi connectivity index (χ0) is 22.9. The van der Waals surface area contributed by atoms with Gasteiger partial charge in [-0.15, -0.1) is 0 Å². The van der Waals surface area contributed by atoms with Crippen LogP contribution in [0.1, 0.15) is 30.0 Å². The summed E-state index contributed by atoms with van der Waals surface area (Å²) in [5, 5.41) is 3.12. The third kappa shape index (κ3) is 6.44. The first-order chi connectivity index (χ1) is 15.5. The fraction of sp³-hybridized carbons (Fsp3) is 0.385. The Morgan fingerprint density at radius 1 is 1.12 bits per heavy atom. The van der Waals surface area contributed by atoms with Gasteiger partial charge in [-0.3, -0.25) is 9.59 Å². The van der Waals surface area contributed by atoms with Crippen LogP contribution in [0.5, 0.6) is 5.75 Å². The minimum Gasteiger partial charge on any atom is -0.497 e. The van der Waals surface area contributed by atoms with Crippen LogP contribution in [0.15, 0.2) is 60.7 Å². The zero-order valence-corrected chi connectivity index (χ0v) is 19.2. The number of nitrogens with zero attached hydrogens (tertiary/aromatic N) is 2. The molecule has 1 heterocycles. The number of rotatable bonds is 8. The number of piperidine rings is 1. The van der Waals surface area contributed by atoms with Crippen LogP contribution in [-0.4, -0.2) is 62.5 Å². The van der Waals surface area contributed by atoms with Crippen LogP contribution in [0.4, 0.5) is 0 Å². The van der Waals surface area contributed by atoms with Crippen molar-refractivity contribution in [2.75, 3.05) is 40.8 Å². The SMILES string of the molecule is COc1cccc(C(CNC(=O)C2CCN(C(=O)/C=C/c3ccccc3)CC2)N(C)C)c1. The molecule has 0 aliphatic carbocycles. The van der Waals surface area contributed by atoms with Crippen molar-refractivity contribution in [3.05, 3.63) is 71.8 Å². The zero-order valence-electron chi connectivity index (χ0n) is 19.2. The highest BCUT2D eigenvalue weighted by Gasteiger charge is 2.27.